The number of phenols is 5. The van der Waals surface area contributed by atoms with E-state index in [1.807, 2.05) is 6.07 Å². The summed E-state index contributed by atoms with van der Waals surface area (Å²) in [4.78, 5) is 24.0. The van der Waals surface area contributed by atoms with E-state index in [0.29, 0.717) is 5.75 Å². The van der Waals surface area contributed by atoms with Crippen LogP contribution in [-0.4, -0.2) is 31.0 Å². The Hall–Kier alpha value is -3.44. The fourth-order valence-electron chi connectivity index (χ4n) is 3.01. The van der Waals surface area contributed by atoms with Gasteiger partial charge in [-0.1, -0.05) is 18.2 Å². The third kappa shape index (κ3) is 3.84. The maximum atomic E-state index is 12.0. The number of aromatic hydroxyl groups is 5. The van der Waals surface area contributed by atoms with Crippen molar-refractivity contribution in [3.05, 3.63) is 63.3 Å². The Morgan fingerprint density at radius 1 is 0.645 bits per heavy atom. The molecule has 5 aromatic rings. The van der Waals surface area contributed by atoms with Gasteiger partial charge in [0.1, 0.15) is 5.75 Å². The molecular weight excluding hydrogens is 423 g/mol. The van der Waals surface area contributed by atoms with Crippen molar-refractivity contribution in [2.75, 3.05) is 0 Å². The van der Waals surface area contributed by atoms with Gasteiger partial charge in [-0.15, -0.1) is 0 Å². The van der Waals surface area contributed by atoms with Crippen molar-refractivity contribution in [2.24, 2.45) is 0 Å². The molecule has 0 unspecified atom stereocenters. The SMILES string of the molecule is O=c1oc2c(O)c(O)cc3c(=O)oc4c(O)c(O)cc1c4c23.Oc1ccccc1.[Na+].[OH-]. The fraction of sp³-hybridized carbons (Fsp3) is 0. The monoisotopic (exact) mass is 436 g/mol. The van der Waals surface area contributed by atoms with E-state index in [1.54, 1.807) is 24.3 Å². The van der Waals surface area contributed by atoms with Gasteiger partial charge in [-0.05, 0) is 24.3 Å². The minimum atomic E-state index is -0.941. The second-order valence-corrected chi connectivity index (χ2v) is 6.11. The van der Waals surface area contributed by atoms with Crippen LogP contribution in [0.1, 0.15) is 0 Å². The predicted molar refractivity (Wildman–Crippen MR) is 104 cm³/mol. The number of para-hydroxylation sites is 1. The molecule has 0 radical (unpaired) electrons. The van der Waals surface area contributed by atoms with Crippen molar-refractivity contribution in [1.29, 1.82) is 0 Å². The van der Waals surface area contributed by atoms with Gasteiger partial charge in [0.2, 0.25) is 11.5 Å². The zero-order valence-electron chi connectivity index (χ0n) is 15.9. The van der Waals surface area contributed by atoms with E-state index in [1.165, 1.54) is 0 Å². The molecule has 2 heterocycles. The Labute approximate surface area is 193 Å². The molecule has 0 aliphatic heterocycles. The van der Waals surface area contributed by atoms with Crippen LogP contribution in [0.4, 0.5) is 0 Å². The first kappa shape index (κ1) is 23.8. The van der Waals surface area contributed by atoms with Crippen LogP contribution in [-0.2, 0) is 0 Å². The van der Waals surface area contributed by atoms with Gasteiger partial charge in [0.05, 0.1) is 10.8 Å². The van der Waals surface area contributed by atoms with E-state index in [9.17, 15) is 30.0 Å². The minimum absolute atomic E-state index is 0. The Morgan fingerprint density at radius 3 is 1.35 bits per heavy atom. The Kier molecular flexibility index (Phi) is 6.72. The molecule has 3 aromatic carbocycles. The van der Waals surface area contributed by atoms with Gasteiger partial charge in [-0.3, -0.25) is 0 Å². The summed E-state index contributed by atoms with van der Waals surface area (Å²) in [5.41, 5.74) is -2.70. The molecule has 0 spiro atoms. The molecule has 0 saturated heterocycles. The smallest absolute Gasteiger partial charge is 0.870 e. The fourth-order valence-corrected chi connectivity index (χ4v) is 3.01. The van der Waals surface area contributed by atoms with Crippen LogP contribution < -0.4 is 40.8 Å². The third-order valence-corrected chi connectivity index (χ3v) is 4.31. The average molecular weight is 436 g/mol. The largest absolute Gasteiger partial charge is 1.00 e. The molecule has 0 saturated carbocycles. The van der Waals surface area contributed by atoms with Gasteiger partial charge < -0.3 is 39.8 Å². The normalized spacial score (nSPS) is 10.3. The van der Waals surface area contributed by atoms with E-state index in [-0.39, 0.29) is 56.6 Å². The van der Waals surface area contributed by atoms with E-state index < -0.39 is 45.4 Å². The average Bonchev–Trinajstić information content (AvgIpc) is 2.69. The number of benzene rings is 3. The van der Waals surface area contributed by atoms with Crippen LogP contribution in [0, 0.1) is 0 Å². The van der Waals surface area contributed by atoms with E-state index in [2.05, 4.69) is 0 Å². The number of rotatable bonds is 0. The molecular formula is C20H13NaO10. The van der Waals surface area contributed by atoms with Crippen molar-refractivity contribution in [1.82, 2.24) is 0 Å². The Balaban J connectivity index is 0.000000327. The molecule has 0 bridgehead atoms. The molecule has 5 rings (SSSR count). The first-order valence-corrected chi connectivity index (χ1v) is 8.16. The van der Waals surface area contributed by atoms with Crippen LogP contribution in [0.2, 0.25) is 0 Å². The maximum Gasteiger partial charge on any atom is 1.00 e. The van der Waals surface area contributed by atoms with E-state index in [0.717, 1.165) is 12.1 Å². The molecule has 31 heavy (non-hydrogen) atoms. The van der Waals surface area contributed by atoms with Crippen LogP contribution in [0.15, 0.2) is 60.9 Å². The van der Waals surface area contributed by atoms with Gasteiger partial charge in [-0.2, -0.15) is 0 Å². The summed E-state index contributed by atoms with van der Waals surface area (Å²) >= 11 is 0. The number of hydrogen-bond acceptors (Lipinski definition) is 10. The molecule has 0 aliphatic rings. The van der Waals surface area contributed by atoms with Crippen LogP contribution in [0.5, 0.6) is 28.7 Å². The predicted octanol–water partition coefficient (Wildman–Crippen LogP) is -0.468. The second-order valence-electron chi connectivity index (χ2n) is 6.11. The van der Waals surface area contributed by atoms with Gasteiger partial charge in [0, 0.05) is 10.8 Å². The van der Waals surface area contributed by atoms with Crippen LogP contribution in [0.3, 0.4) is 0 Å². The number of phenolic OH excluding ortho intramolecular Hbond substituents is 5. The Morgan fingerprint density at radius 2 is 1.03 bits per heavy atom. The minimum Gasteiger partial charge on any atom is -0.870 e. The molecule has 6 N–H and O–H groups in total. The van der Waals surface area contributed by atoms with Crippen molar-refractivity contribution in [3.63, 3.8) is 0 Å². The summed E-state index contributed by atoms with van der Waals surface area (Å²) in [6.07, 6.45) is 0. The first-order valence-electron chi connectivity index (χ1n) is 8.16. The summed E-state index contributed by atoms with van der Waals surface area (Å²) in [6.45, 7) is 0. The first-order chi connectivity index (χ1) is 13.8. The van der Waals surface area contributed by atoms with Crippen LogP contribution >= 0.6 is 0 Å². The molecule has 10 nitrogen and oxygen atoms in total. The third-order valence-electron chi connectivity index (χ3n) is 4.31. The van der Waals surface area contributed by atoms with Gasteiger partial charge in [0.15, 0.2) is 22.7 Å². The molecule has 0 atom stereocenters. The summed E-state index contributed by atoms with van der Waals surface area (Å²) < 4.78 is 9.87. The summed E-state index contributed by atoms with van der Waals surface area (Å²) in [7, 11) is 0. The van der Waals surface area contributed by atoms with Gasteiger partial charge in [0.25, 0.3) is 0 Å². The van der Waals surface area contributed by atoms with Crippen molar-refractivity contribution in [2.45, 2.75) is 0 Å². The topological polar surface area (TPSA) is 192 Å². The van der Waals surface area contributed by atoms with Gasteiger partial charge in [-0.25, -0.2) is 9.59 Å². The summed E-state index contributed by atoms with van der Waals surface area (Å²) in [5.74, 6) is -2.43. The van der Waals surface area contributed by atoms with E-state index >= 15 is 0 Å². The molecule has 154 valence electrons. The van der Waals surface area contributed by atoms with Crippen molar-refractivity contribution in [3.8, 4) is 28.7 Å². The molecule has 2 aromatic heterocycles. The molecule has 0 amide bonds. The molecule has 0 fully saturated rings. The van der Waals surface area contributed by atoms with E-state index in [4.69, 9.17) is 13.9 Å². The van der Waals surface area contributed by atoms with Crippen molar-refractivity contribution >= 4 is 32.7 Å². The summed E-state index contributed by atoms with van der Waals surface area (Å²) in [5, 5.41) is 47.3. The Bertz CT molecular complexity index is 1390. The molecule has 0 aliphatic carbocycles. The van der Waals surface area contributed by atoms with Gasteiger partial charge >= 0.3 is 40.8 Å². The zero-order valence-corrected chi connectivity index (χ0v) is 17.9. The molecule has 11 heteroatoms. The standard InChI is InChI=1S/C14H6O8.C6H6O.Na.H2O/c15-5-1-3-7-8-4(14(20)22-11(7)9(5)17)2-6(16)10(18)12(8)21-13(3)19;7-6-4-2-1-3-5-6;;/h1-2,15-18H;1-5,7H;;1H2/q;;+1;/p-1. The summed E-state index contributed by atoms with van der Waals surface area (Å²) in [6, 6.07) is 10.6. The van der Waals surface area contributed by atoms with Crippen molar-refractivity contribution < 1.29 is 69.4 Å². The number of hydrogen-bond donors (Lipinski definition) is 5. The quantitative estimate of drug-likeness (QED) is 0.0917. The second kappa shape index (κ2) is 8.74. The maximum absolute atomic E-state index is 12.0. The van der Waals surface area contributed by atoms with Crippen LogP contribution in [0.25, 0.3) is 32.7 Å². The zero-order chi connectivity index (χ0) is 20.9.